The molecule has 7 heteroatoms. The van der Waals surface area contributed by atoms with Crippen LogP contribution in [0.4, 0.5) is 0 Å². The molecule has 1 unspecified atom stereocenters. The van der Waals surface area contributed by atoms with Crippen LogP contribution in [0, 0.1) is 0 Å². The second kappa shape index (κ2) is 5.24. The van der Waals surface area contributed by atoms with E-state index in [9.17, 15) is 4.79 Å². The van der Waals surface area contributed by atoms with Crippen LogP contribution in [0.5, 0.6) is 0 Å². The van der Waals surface area contributed by atoms with Crippen molar-refractivity contribution in [3.8, 4) is 0 Å². The van der Waals surface area contributed by atoms with Gasteiger partial charge in [-0.05, 0) is 42.5 Å². The maximum Gasteiger partial charge on any atom is 0.244 e. The molecule has 19 heavy (non-hydrogen) atoms. The average molecular weight is 265 g/mol. The Kier molecular flexibility index (Phi) is 3.46. The summed E-state index contributed by atoms with van der Waals surface area (Å²) in [6.07, 6.45) is 6.87. The molecule has 3 heterocycles. The molecule has 2 saturated heterocycles. The number of piperidine rings is 1. The van der Waals surface area contributed by atoms with Crippen LogP contribution in [0.15, 0.2) is 6.33 Å². The van der Waals surface area contributed by atoms with E-state index >= 15 is 0 Å². The molecule has 2 aliphatic heterocycles. The number of carbonyl (C=O) groups is 1. The number of amides is 1. The molecule has 0 N–H and O–H groups in total. The Labute approximate surface area is 111 Å². The minimum absolute atomic E-state index is 0.0818. The van der Waals surface area contributed by atoms with Gasteiger partial charge >= 0.3 is 0 Å². The van der Waals surface area contributed by atoms with E-state index in [1.165, 1.54) is 17.4 Å². The summed E-state index contributed by atoms with van der Waals surface area (Å²) in [5.41, 5.74) is -0.0818. The predicted octanol–water partition coefficient (Wildman–Crippen LogP) is 0.235. The first-order valence-electron chi connectivity index (χ1n) is 6.89. The summed E-state index contributed by atoms with van der Waals surface area (Å²) < 4.78 is 7.12. The topological polar surface area (TPSA) is 73.1 Å². The van der Waals surface area contributed by atoms with Crippen molar-refractivity contribution in [2.24, 2.45) is 0 Å². The largest absolute Gasteiger partial charge is 0.379 e. The van der Waals surface area contributed by atoms with Gasteiger partial charge < -0.3 is 9.64 Å². The molecule has 1 aromatic heterocycles. The zero-order valence-electron chi connectivity index (χ0n) is 11.0. The van der Waals surface area contributed by atoms with Crippen LogP contribution in [0.25, 0.3) is 0 Å². The van der Waals surface area contributed by atoms with Crippen LogP contribution in [0.1, 0.15) is 32.1 Å². The average Bonchev–Trinajstić information content (AvgIpc) is 2.93. The van der Waals surface area contributed by atoms with Crippen molar-refractivity contribution >= 4 is 5.91 Å². The van der Waals surface area contributed by atoms with Crippen LogP contribution < -0.4 is 0 Å². The molecular weight excluding hydrogens is 246 g/mol. The molecule has 7 nitrogen and oxygen atoms in total. The van der Waals surface area contributed by atoms with Crippen molar-refractivity contribution in [2.75, 3.05) is 19.8 Å². The fraction of sp³-hybridized carbons (Fsp3) is 0.833. The zero-order valence-corrected chi connectivity index (χ0v) is 11.0. The van der Waals surface area contributed by atoms with E-state index in [1.54, 1.807) is 0 Å². The second-order valence-corrected chi connectivity index (χ2v) is 5.39. The Morgan fingerprint density at radius 1 is 1.32 bits per heavy atom. The summed E-state index contributed by atoms with van der Waals surface area (Å²) in [5, 5.41) is 10.9. The first-order chi connectivity index (χ1) is 9.30. The van der Waals surface area contributed by atoms with Crippen LogP contribution in [0.3, 0.4) is 0 Å². The Bertz CT molecular complexity index is 419. The SMILES string of the molecule is O=C(Cn1cnnn1)N1CCCCC12CCCOC2. The highest BCUT2D eigenvalue weighted by atomic mass is 16.5. The van der Waals surface area contributed by atoms with Crippen molar-refractivity contribution in [1.82, 2.24) is 25.1 Å². The van der Waals surface area contributed by atoms with E-state index in [-0.39, 0.29) is 18.0 Å². The predicted molar refractivity (Wildman–Crippen MR) is 66.2 cm³/mol. The van der Waals surface area contributed by atoms with Gasteiger partial charge in [0.15, 0.2) is 0 Å². The lowest BCUT2D eigenvalue weighted by Gasteiger charge is -2.49. The van der Waals surface area contributed by atoms with Gasteiger partial charge in [0.2, 0.25) is 5.91 Å². The van der Waals surface area contributed by atoms with Gasteiger partial charge in [-0.3, -0.25) is 4.79 Å². The molecule has 1 spiro atoms. The Morgan fingerprint density at radius 2 is 2.21 bits per heavy atom. The van der Waals surface area contributed by atoms with Crippen molar-refractivity contribution < 1.29 is 9.53 Å². The molecule has 0 aliphatic carbocycles. The fourth-order valence-electron chi connectivity index (χ4n) is 3.21. The van der Waals surface area contributed by atoms with Gasteiger partial charge in [0, 0.05) is 13.2 Å². The molecule has 2 fully saturated rings. The number of likely N-dealkylation sites (tertiary alicyclic amines) is 1. The van der Waals surface area contributed by atoms with E-state index in [2.05, 4.69) is 15.5 Å². The maximum atomic E-state index is 12.5. The summed E-state index contributed by atoms with van der Waals surface area (Å²) in [6.45, 7) is 2.53. The smallest absolute Gasteiger partial charge is 0.244 e. The van der Waals surface area contributed by atoms with Gasteiger partial charge in [-0.2, -0.15) is 0 Å². The molecule has 0 bridgehead atoms. The van der Waals surface area contributed by atoms with E-state index < -0.39 is 0 Å². The van der Waals surface area contributed by atoms with Crippen molar-refractivity contribution in [3.63, 3.8) is 0 Å². The molecule has 1 atom stereocenters. The highest BCUT2D eigenvalue weighted by Gasteiger charge is 2.42. The Morgan fingerprint density at radius 3 is 2.95 bits per heavy atom. The molecular formula is C12H19N5O2. The molecule has 0 aromatic carbocycles. The molecule has 0 radical (unpaired) electrons. The molecule has 104 valence electrons. The lowest BCUT2D eigenvalue weighted by atomic mass is 9.82. The summed E-state index contributed by atoms with van der Waals surface area (Å²) in [6, 6.07) is 0. The molecule has 2 aliphatic rings. The maximum absolute atomic E-state index is 12.5. The standard InChI is InChI=1S/C12H19N5O2/c18-11(8-16-10-13-14-15-16)17-6-2-1-4-12(17)5-3-7-19-9-12/h10H,1-9H2. The van der Waals surface area contributed by atoms with Gasteiger partial charge in [0.05, 0.1) is 12.1 Å². The second-order valence-electron chi connectivity index (χ2n) is 5.39. The molecule has 1 amide bonds. The van der Waals surface area contributed by atoms with Gasteiger partial charge in [0.25, 0.3) is 0 Å². The number of ether oxygens (including phenoxy) is 1. The third-order valence-electron chi connectivity index (χ3n) is 4.14. The number of aromatic nitrogens is 4. The fourth-order valence-corrected chi connectivity index (χ4v) is 3.21. The number of carbonyl (C=O) groups excluding carboxylic acids is 1. The first-order valence-corrected chi connectivity index (χ1v) is 6.89. The molecule has 0 saturated carbocycles. The van der Waals surface area contributed by atoms with Gasteiger partial charge in [-0.15, -0.1) is 5.10 Å². The lowest BCUT2D eigenvalue weighted by molar-refractivity contribution is -0.149. The molecule has 3 rings (SSSR count). The highest BCUT2D eigenvalue weighted by molar-refractivity contribution is 5.77. The minimum atomic E-state index is -0.0818. The summed E-state index contributed by atoms with van der Waals surface area (Å²) in [5.74, 6) is 0.0949. The highest BCUT2D eigenvalue weighted by Crippen LogP contribution is 2.35. The van der Waals surface area contributed by atoms with Crippen molar-refractivity contribution in [3.05, 3.63) is 6.33 Å². The van der Waals surface area contributed by atoms with E-state index in [4.69, 9.17) is 4.74 Å². The summed E-state index contributed by atoms with van der Waals surface area (Å²) >= 11 is 0. The van der Waals surface area contributed by atoms with Gasteiger partial charge in [-0.1, -0.05) is 0 Å². The summed E-state index contributed by atoms with van der Waals surface area (Å²) in [4.78, 5) is 14.5. The molecule has 1 aromatic rings. The number of nitrogens with zero attached hydrogens (tertiary/aromatic N) is 5. The van der Waals surface area contributed by atoms with Crippen molar-refractivity contribution in [1.29, 1.82) is 0 Å². The van der Waals surface area contributed by atoms with Gasteiger partial charge in [-0.25, -0.2) is 4.68 Å². The van der Waals surface area contributed by atoms with Crippen LogP contribution >= 0.6 is 0 Å². The number of hydrogen-bond acceptors (Lipinski definition) is 5. The Hall–Kier alpha value is -1.50. The number of rotatable bonds is 2. The number of tetrazole rings is 1. The van der Waals surface area contributed by atoms with Gasteiger partial charge in [0.1, 0.15) is 12.9 Å². The third kappa shape index (κ3) is 2.47. The van der Waals surface area contributed by atoms with Crippen LogP contribution in [0.2, 0.25) is 0 Å². The monoisotopic (exact) mass is 265 g/mol. The van der Waals surface area contributed by atoms with E-state index in [0.717, 1.165) is 38.8 Å². The normalized spacial score (nSPS) is 27.7. The number of hydrogen-bond donors (Lipinski definition) is 0. The van der Waals surface area contributed by atoms with E-state index in [0.29, 0.717) is 6.61 Å². The third-order valence-corrected chi connectivity index (χ3v) is 4.14. The van der Waals surface area contributed by atoms with E-state index in [1.807, 2.05) is 4.90 Å². The summed E-state index contributed by atoms with van der Waals surface area (Å²) in [7, 11) is 0. The quantitative estimate of drug-likeness (QED) is 0.765. The van der Waals surface area contributed by atoms with Crippen LogP contribution in [-0.4, -0.2) is 56.3 Å². The van der Waals surface area contributed by atoms with Crippen LogP contribution in [-0.2, 0) is 16.1 Å². The zero-order chi connectivity index (χ0) is 13.1. The Balaban J connectivity index is 1.74. The van der Waals surface area contributed by atoms with Crippen molar-refractivity contribution in [2.45, 2.75) is 44.2 Å². The minimum Gasteiger partial charge on any atom is -0.379 e. The first kappa shape index (κ1) is 12.5. The lowest BCUT2D eigenvalue weighted by Crippen LogP contribution is -2.59.